The molecule has 0 aliphatic heterocycles. The Morgan fingerprint density at radius 2 is 2.33 bits per heavy atom. The van der Waals surface area contributed by atoms with Gasteiger partial charge < -0.3 is 4.74 Å². The van der Waals surface area contributed by atoms with Gasteiger partial charge in [0.25, 0.3) is 0 Å². The molecule has 2 aromatic heterocycles. The minimum atomic E-state index is -0.354. The zero-order valence-electron chi connectivity index (χ0n) is 10.5. The Morgan fingerprint density at radius 1 is 1.56 bits per heavy atom. The van der Waals surface area contributed by atoms with Crippen molar-refractivity contribution in [3.05, 3.63) is 29.2 Å². The largest absolute Gasteiger partial charge is 0.462 e. The maximum atomic E-state index is 11.8. The first-order valence-corrected chi connectivity index (χ1v) is 6.23. The van der Waals surface area contributed by atoms with Crippen molar-refractivity contribution < 1.29 is 9.53 Å². The molecule has 5 heteroatoms. The number of carbonyl (C=O) groups is 1. The van der Waals surface area contributed by atoms with E-state index in [2.05, 4.69) is 10.1 Å². The number of esters is 1. The van der Waals surface area contributed by atoms with E-state index in [0.29, 0.717) is 23.7 Å². The van der Waals surface area contributed by atoms with Gasteiger partial charge >= 0.3 is 5.97 Å². The molecular weight excluding hydrogens is 230 g/mol. The molecule has 1 saturated carbocycles. The third kappa shape index (κ3) is 1.75. The second-order valence-electron chi connectivity index (χ2n) is 4.61. The summed E-state index contributed by atoms with van der Waals surface area (Å²) in [6.07, 6.45) is 3.92. The third-order valence-electron chi connectivity index (χ3n) is 3.12. The number of aromatic nitrogens is 3. The van der Waals surface area contributed by atoms with Gasteiger partial charge in [-0.2, -0.15) is 5.10 Å². The summed E-state index contributed by atoms with van der Waals surface area (Å²) in [5.41, 5.74) is 3.11. The van der Waals surface area contributed by atoms with Crippen LogP contribution in [0.5, 0.6) is 0 Å². The first kappa shape index (κ1) is 11.2. The van der Waals surface area contributed by atoms with Crippen molar-refractivity contribution in [3.8, 4) is 0 Å². The van der Waals surface area contributed by atoms with Gasteiger partial charge in [0.1, 0.15) is 5.56 Å². The van der Waals surface area contributed by atoms with E-state index in [0.717, 1.165) is 11.4 Å². The number of nitrogens with zero attached hydrogens (tertiary/aromatic N) is 3. The van der Waals surface area contributed by atoms with Gasteiger partial charge in [-0.05, 0) is 32.8 Å². The highest BCUT2D eigenvalue weighted by atomic mass is 16.5. The van der Waals surface area contributed by atoms with Crippen LogP contribution in [0.4, 0.5) is 0 Å². The zero-order chi connectivity index (χ0) is 12.7. The summed E-state index contributed by atoms with van der Waals surface area (Å²) in [6, 6.07) is 2.05. The van der Waals surface area contributed by atoms with E-state index < -0.39 is 0 Å². The van der Waals surface area contributed by atoms with E-state index in [4.69, 9.17) is 4.74 Å². The second-order valence-corrected chi connectivity index (χ2v) is 4.61. The highest BCUT2D eigenvalue weighted by Gasteiger charge is 2.28. The van der Waals surface area contributed by atoms with Gasteiger partial charge in [-0.15, -0.1) is 0 Å². The van der Waals surface area contributed by atoms with Crippen LogP contribution in [0, 0.1) is 6.92 Å². The molecule has 3 rings (SSSR count). The number of hydrogen-bond donors (Lipinski definition) is 0. The lowest BCUT2D eigenvalue weighted by Crippen LogP contribution is -2.06. The predicted molar refractivity (Wildman–Crippen MR) is 65.7 cm³/mol. The van der Waals surface area contributed by atoms with E-state index in [1.165, 1.54) is 12.8 Å². The Labute approximate surface area is 105 Å². The van der Waals surface area contributed by atoms with Gasteiger partial charge in [0.05, 0.1) is 12.8 Å². The zero-order valence-corrected chi connectivity index (χ0v) is 10.5. The first-order chi connectivity index (χ1) is 8.70. The van der Waals surface area contributed by atoms with Crippen LogP contribution in [0.3, 0.4) is 0 Å². The fourth-order valence-corrected chi connectivity index (χ4v) is 2.14. The van der Waals surface area contributed by atoms with E-state index in [1.807, 2.05) is 13.0 Å². The molecule has 0 N–H and O–H groups in total. The molecule has 18 heavy (non-hydrogen) atoms. The van der Waals surface area contributed by atoms with Gasteiger partial charge in [0, 0.05) is 17.3 Å². The Hall–Kier alpha value is -1.91. The van der Waals surface area contributed by atoms with E-state index >= 15 is 0 Å². The first-order valence-electron chi connectivity index (χ1n) is 6.23. The normalized spacial score (nSPS) is 15.0. The minimum Gasteiger partial charge on any atom is -0.462 e. The number of hydrogen-bond acceptors (Lipinski definition) is 4. The highest BCUT2D eigenvalue weighted by molar-refractivity contribution is 5.95. The smallest absolute Gasteiger partial charge is 0.343 e. The summed E-state index contributed by atoms with van der Waals surface area (Å²) < 4.78 is 6.79. The number of aryl methyl sites for hydroxylation is 1. The molecule has 0 spiro atoms. The molecule has 0 saturated heterocycles. The van der Waals surface area contributed by atoms with Crippen LogP contribution in [0.15, 0.2) is 12.3 Å². The van der Waals surface area contributed by atoms with Crippen molar-refractivity contribution in [1.82, 2.24) is 14.6 Å². The maximum Gasteiger partial charge on any atom is 0.343 e. The topological polar surface area (TPSA) is 56.5 Å². The molecule has 94 valence electrons. The third-order valence-corrected chi connectivity index (χ3v) is 3.12. The molecule has 2 aromatic rings. The lowest BCUT2D eigenvalue weighted by molar-refractivity contribution is 0.0528. The summed E-state index contributed by atoms with van der Waals surface area (Å²) >= 11 is 0. The quantitative estimate of drug-likeness (QED) is 0.777. The van der Waals surface area contributed by atoms with Crippen LogP contribution < -0.4 is 0 Å². The molecule has 1 aliphatic carbocycles. The van der Waals surface area contributed by atoms with Crippen LogP contribution in [-0.4, -0.2) is 27.2 Å². The van der Waals surface area contributed by atoms with Crippen LogP contribution >= 0.6 is 0 Å². The predicted octanol–water partition coefficient (Wildman–Crippen LogP) is 2.09. The minimum absolute atomic E-state index is 0.354. The van der Waals surface area contributed by atoms with Crippen LogP contribution in [0.25, 0.3) is 5.65 Å². The molecule has 0 radical (unpaired) electrons. The summed E-state index contributed by atoms with van der Waals surface area (Å²) in [7, 11) is 0. The summed E-state index contributed by atoms with van der Waals surface area (Å²) in [5, 5.41) is 4.28. The van der Waals surface area contributed by atoms with Crippen molar-refractivity contribution in [1.29, 1.82) is 0 Å². The molecule has 0 atom stereocenters. The summed E-state index contributed by atoms with van der Waals surface area (Å²) in [4.78, 5) is 16.2. The molecule has 0 bridgehead atoms. The van der Waals surface area contributed by atoms with Gasteiger partial charge in [0.2, 0.25) is 0 Å². The van der Waals surface area contributed by atoms with Crippen molar-refractivity contribution in [2.45, 2.75) is 32.6 Å². The van der Waals surface area contributed by atoms with E-state index in [-0.39, 0.29) is 5.97 Å². The van der Waals surface area contributed by atoms with Gasteiger partial charge in [-0.1, -0.05) is 0 Å². The standard InChI is InChI=1S/C13H15N3O2/c1-3-18-13(17)10-7-14-16-11(9-4-5-9)6-8(2)15-12(10)16/h6-7,9H,3-5H2,1-2H3. The van der Waals surface area contributed by atoms with Crippen molar-refractivity contribution in [2.24, 2.45) is 0 Å². The molecule has 0 amide bonds. The van der Waals surface area contributed by atoms with Crippen molar-refractivity contribution in [2.75, 3.05) is 6.61 Å². The van der Waals surface area contributed by atoms with Crippen LogP contribution in [-0.2, 0) is 4.74 Å². The lowest BCUT2D eigenvalue weighted by Gasteiger charge is -2.05. The maximum absolute atomic E-state index is 11.8. The fraction of sp³-hybridized carbons (Fsp3) is 0.462. The lowest BCUT2D eigenvalue weighted by atomic mass is 10.2. The average molecular weight is 245 g/mol. The molecule has 2 heterocycles. The van der Waals surface area contributed by atoms with Crippen LogP contribution in [0.1, 0.15) is 47.4 Å². The SMILES string of the molecule is CCOC(=O)c1cnn2c(C3CC3)cc(C)nc12. The Morgan fingerprint density at radius 3 is 3.00 bits per heavy atom. The second kappa shape index (κ2) is 4.08. The molecule has 0 unspecified atom stereocenters. The van der Waals surface area contributed by atoms with Crippen molar-refractivity contribution in [3.63, 3.8) is 0 Å². The summed E-state index contributed by atoms with van der Waals surface area (Å²) in [6.45, 7) is 4.09. The van der Waals surface area contributed by atoms with Gasteiger partial charge in [0.15, 0.2) is 5.65 Å². The molecule has 0 aromatic carbocycles. The summed E-state index contributed by atoms with van der Waals surface area (Å²) in [5.74, 6) is 0.205. The average Bonchev–Trinajstić information content (AvgIpc) is 3.09. The monoisotopic (exact) mass is 245 g/mol. The van der Waals surface area contributed by atoms with Gasteiger partial charge in [-0.25, -0.2) is 14.3 Å². The number of rotatable bonds is 3. The number of fused-ring (bicyclic) bond motifs is 1. The van der Waals surface area contributed by atoms with Crippen LogP contribution in [0.2, 0.25) is 0 Å². The Kier molecular flexibility index (Phi) is 2.54. The number of carbonyl (C=O) groups excluding carboxylic acids is 1. The molecular formula is C13H15N3O2. The molecule has 1 fully saturated rings. The number of ether oxygens (including phenoxy) is 1. The van der Waals surface area contributed by atoms with E-state index in [1.54, 1.807) is 17.6 Å². The van der Waals surface area contributed by atoms with Gasteiger partial charge in [-0.3, -0.25) is 0 Å². The highest BCUT2D eigenvalue weighted by Crippen LogP contribution is 2.40. The van der Waals surface area contributed by atoms with E-state index in [9.17, 15) is 4.79 Å². The Balaban J connectivity index is 2.15. The fourth-order valence-electron chi connectivity index (χ4n) is 2.14. The Bertz CT molecular complexity index is 614. The molecule has 1 aliphatic rings. The molecule has 5 nitrogen and oxygen atoms in total. The van der Waals surface area contributed by atoms with Crippen molar-refractivity contribution >= 4 is 11.6 Å².